The zero-order valence-corrected chi connectivity index (χ0v) is 16.6. The maximum absolute atomic E-state index is 12.3. The summed E-state index contributed by atoms with van der Waals surface area (Å²) in [5.41, 5.74) is 2.45. The number of benzene rings is 2. The van der Waals surface area contributed by atoms with Gasteiger partial charge in [0.05, 0.1) is 19.9 Å². The zero-order valence-electron chi connectivity index (χ0n) is 16.6. The number of para-hydroxylation sites is 1. The monoisotopic (exact) mass is 392 g/mol. The van der Waals surface area contributed by atoms with Crippen molar-refractivity contribution < 1.29 is 9.47 Å². The number of piperazine rings is 1. The summed E-state index contributed by atoms with van der Waals surface area (Å²) < 4.78 is 10.7. The summed E-state index contributed by atoms with van der Waals surface area (Å²) in [6.07, 6.45) is 0. The van der Waals surface area contributed by atoms with Gasteiger partial charge in [0, 0.05) is 43.5 Å². The van der Waals surface area contributed by atoms with Crippen LogP contribution in [0.3, 0.4) is 0 Å². The number of hydrogen-bond donors (Lipinski definition) is 1. The molecule has 0 saturated carbocycles. The molecule has 0 unspecified atom stereocenters. The van der Waals surface area contributed by atoms with Crippen LogP contribution in [0.2, 0.25) is 0 Å². The van der Waals surface area contributed by atoms with Crippen LogP contribution in [0.25, 0.3) is 11.3 Å². The van der Waals surface area contributed by atoms with Crippen LogP contribution in [-0.4, -0.2) is 50.4 Å². The smallest absolute Gasteiger partial charge is 0.252 e. The molecular weight excluding hydrogens is 368 g/mol. The van der Waals surface area contributed by atoms with Crippen molar-refractivity contribution in [2.45, 2.75) is 0 Å². The molecule has 1 N–H and O–H groups in total. The van der Waals surface area contributed by atoms with Crippen LogP contribution in [0.1, 0.15) is 0 Å². The molecular formula is C22H24N4O3. The summed E-state index contributed by atoms with van der Waals surface area (Å²) in [5, 5.41) is 0. The highest BCUT2D eigenvalue weighted by Crippen LogP contribution is 2.31. The second-order valence-corrected chi connectivity index (χ2v) is 6.83. The highest BCUT2D eigenvalue weighted by molar-refractivity contribution is 5.65. The van der Waals surface area contributed by atoms with E-state index >= 15 is 0 Å². The van der Waals surface area contributed by atoms with Crippen molar-refractivity contribution in [2.75, 3.05) is 50.2 Å². The average molecular weight is 392 g/mol. The van der Waals surface area contributed by atoms with E-state index in [1.54, 1.807) is 14.2 Å². The van der Waals surface area contributed by atoms with E-state index in [1.165, 1.54) is 11.8 Å². The number of ether oxygens (including phenoxy) is 2. The summed E-state index contributed by atoms with van der Waals surface area (Å²) >= 11 is 0. The maximum Gasteiger partial charge on any atom is 0.252 e. The average Bonchev–Trinajstić information content (AvgIpc) is 2.79. The summed E-state index contributed by atoms with van der Waals surface area (Å²) in [6, 6.07) is 17.4. The molecule has 7 heteroatoms. The van der Waals surface area contributed by atoms with Crippen LogP contribution in [0.4, 0.5) is 11.6 Å². The SMILES string of the molecule is COc1ccc(-c2cc(=O)[nH]c(N3CCN(c4ccccc4)CC3)n2)cc1OC. The molecule has 2 heterocycles. The van der Waals surface area contributed by atoms with E-state index in [4.69, 9.17) is 14.5 Å². The Labute approximate surface area is 169 Å². The second-order valence-electron chi connectivity index (χ2n) is 6.83. The number of rotatable bonds is 5. The number of aromatic amines is 1. The quantitative estimate of drug-likeness (QED) is 0.720. The second kappa shape index (κ2) is 8.26. The van der Waals surface area contributed by atoms with Crippen molar-refractivity contribution in [3.63, 3.8) is 0 Å². The number of methoxy groups -OCH3 is 2. The predicted molar refractivity (Wildman–Crippen MR) is 114 cm³/mol. The first-order valence-corrected chi connectivity index (χ1v) is 9.56. The van der Waals surface area contributed by atoms with Gasteiger partial charge in [0.1, 0.15) is 0 Å². The minimum atomic E-state index is -0.176. The van der Waals surface area contributed by atoms with Crippen molar-refractivity contribution >= 4 is 11.6 Å². The fourth-order valence-electron chi connectivity index (χ4n) is 3.55. The Hall–Kier alpha value is -3.48. The van der Waals surface area contributed by atoms with Crippen LogP contribution >= 0.6 is 0 Å². The number of aromatic nitrogens is 2. The van der Waals surface area contributed by atoms with Crippen molar-refractivity contribution in [3.8, 4) is 22.8 Å². The largest absolute Gasteiger partial charge is 0.493 e. The highest BCUT2D eigenvalue weighted by atomic mass is 16.5. The third kappa shape index (κ3) is 4.03. The van der Waals surface area contributed by atoms with Crippen LogP contribution in [-0.2, 0) is 0 Å². The summed E-state index contributed by atoms with van der Waals surface area (Å²) in [6.45, 7) is 3.31. The first-order valence-electron chi connectivity index (χ1n) is 9.56. The van der Waals surface area contributed by atoms with E-state index in [0.29, 0.717) is 23.1 Å². The lowest BCUT2D eigenvalue weighted by Gasteiger charge is -2.36. The van der Waals surface area contributed by atoms with Gasteiger partial charge in [-0.25, -0.2) is 4.98 Å². The van der Waals surface area contributed by atoms with Crippen LogP contribution < -0.4 is 24.8 Å². The Kier molecular flexibility index (Phi) is 5.37. The number of anilines is 2. The van der Waals surface area contributed by atoms with Gasteiger partial charge in [-0.05, 0) is 30.3 Å². The molecule has 0 amide bonds. The molecule has 1 aromatic heterocycles. The van der Waals surface area contributed by atoms with E-state index in [1.807, 2.05) is 36.4 Å². The predicted octanol–water partition coefficient (Wildman–Crippen LogP) is 2.78. The fraction of sp³-hybridized carbons (Fsp3) is 0.273. The molecule has 1 aliphatic rings. The Balaban J connectivity index is 1.56. The Morgan fingerprint density at radius 1 is 0.862 bits per heavy atom. The van der Waals surface area contributed by atoms with Crippen LogP contribution in [0.15, 0.2) is 59.4 Å². The Morgan fingerprint density at radius 2 is 1.55 bits per heavy atom. The lowest BCUT2D eigenvalue weighted by Crippen LogP contribution is -2.47. The van der Waals surface area contributed by atoms with Gasteiger partial charge in [0.25, 0.3) is 5.56 Å². The van der Waals surface area contributed by atoms with Crippen molar-refractivity contribution in [1.82, 2.24) is 9.97 Å². The lowest BCUT2D eigenvalue weighted by atomic mass is 10.1. The minimum absolute atomic E-state index is 0.176. The molecule has 1 saturated heterocycles. The van der Waals surface area contributed by atoms with Crippen LogP contribution in [0, 0.1) is 0 Å². The molecule has 0 aliphatic carbocycles. The number of nitrogens with one attached hydrogen (secondary N) is 1. The summed E-state index contributed by atoms with van der Waals surface area (Å²) in [7, 11) is 3.18. The first kappa shape index (κ1) is 18.9. The topological polar surface area (TPSA) is 70.7 Å². The molecule has 29 heavy (non-hydrogen) atoms. The summed E-state index contributed by atoms with van der Waals surface area (Å²) in [5.74, 6) is 1.83. The molecule has 150 valence electrons. The van der Waals surface area contributed by atoms with Gasteiger partial charge in [-0.3, -0.25) is 9.78 Å². The summed E-state index contributed by atoms with van der Waals surface area (Å²) in [4.78, 5) is 24.3. The fourth-order valence-corrected chi connectivity index (χ4v) is 3.55. The molecule has 0 atom stereocenters. The van der Waals surface area contributed by atoms with Crippen molar-refractivity contribution in [1.29, 1.82) is 0 Å². The van der Waals surface area contributed by atoms with Gasteiger partial charge >= 0.3 is 0 Å². The van der Waals surface area contributed by atoms with E-state index in [2.05, 4.69) is 26.9 Å². The number of hydrogen-bond acceptors (Lipinski definition) is 6. The minimum Gasteiger partial charge on any atom is -0.493 e. The first-order chi connectivity index (χ1) is 14.2. The maximum atomic E-state index is 12.3. The number of nitrogens with zero attached hydrogens (tertiary/aromatic N) is 3. The zero-order chi connectivity index (χ0) is 20.2. The van der Waals surface area contributed by atoms with E-state index in [-0.39, 0.29) is 5.56 Å². The van der Waals surface area contributed by atoms with Gasteiger partial charge in [-0.1, -0.05) is 18.2 Å². The molecule has 0 spiro atoms. The lowest BCUT2D eigenvalue weighted by molar-refractivity contribution is 0.355. The van der Waals surface area contributed by atoms with Crippen LogP contribution in [0.5, 0.6) is 11.5 Å². The third-order valence-corrected chi connectivity index (χ3v) is 5.11. The van der Waals surface area contributed by atoms with Gasteiger partial charge in [-0.15, -0.1) is 0 Å². The van der Waals surface area contributed by atoms with Crippen molar-refractivity contribution in [2.24, 2.45) is 0 Å². The Morgan fingerprint density at radius 3 is 2.24 bits per heavy atom. The van der Waals surface area contributed by atoms with E-state index in [9.17, 15) is 4.79 Å². The molecule has 3 aromatic rings. The van der Waals surface area contributed by atoms with Gasteiger partial charge in [0.2, 0.25) is 5.95 Å². The molecule has 1 aliphatic heterocycles. The molecule has 0 radical (unpaired) electrons. The van der Waals surface area contributed by atoms with E-state index < -0.39 is 0 Å². The standard InChI is InChI=1S/C22H24N4O3/c1-28-19-9-8-16(14-20(19)29-2)18-15-21(27)24-22(23-18)26-12-10-25(11-13-26)17-6-4-3-5-7-17/h3-9,14-15H,10-13H2,1-2H3,(H,23,24,27). The van der Waals surface area contributed by atoms with Gasteiger partial charge < -0.3 is 19.3 Å². The third-order valence-electron chi connectivity index (χ3n) is 5.11. The molecule has 1 fully saturated rings. The van der Waals surface area contributed by atoms with Crippen molar-refractivity contribution in [3.05, 3.63) is 65.0 Å². The molecule has 7 nitrogen and oxygen atoms in total. The molecule has 4 rings (SSSR count). The Bertz CT molecular complexity index is 1030. The van der Waals surface area contributed by atoms with E-state index in [0.717, 1.165) is 31.7 Å². The van der Waals surface area contributed by atoms with Gasteiger partial charge in [0.15, 0.2) is 11.5 Å². The molecule has 2 aromatic carbocycles. The normalized spacial score (nSPS) is 14.0. The van der Waals surface area contributed by atoms with Gasteiger partial charge in [-0.2, -0.15) is 0 Å². The highest BCUT2D eigenvalue weighted by Gasteiger charge is 2.20. The number of H-pyrrole nitrogens is 1. The molecule has 0 bridgehead atoms.